The molecule has 20 heavy (non-hydrogen) atoms. The molecule has 4 rings (SSSR count). The molecule has 0 radical (unpaired) electrons. The van der Waals surface area contributed by atoms with Gasteiger partial charge in [-0.25, -0.2) is 4.98 Å². The van der Waals surface area contributed by atoms with Gasteiger partial charge in [-0.2, -0.15) is 0 Å². The molecule has 4 aromatic rings. The topological polar surface area (TPSA) is 43.6 Å². The highest BCUT2D eigenvalue weighted by molar-refractivity contribution is 6.11. The highest BCUT2D eigenvalue weighted by Crippen LogP contribution is 2.30. The van der Waals surface area contributed by atoms with Gasteiger partial charge in [0.1, 0.15) is 0 Å². The van der Waals surface area contributed by atoms with E-state index in [-0.39, 0.29) is 5.43 Å². The summed E-state index contributed by atoms with van der Waals surface area (Å²) < 4.78 is 7.49. The fourth-order valence-electron chi connectivity index (χ4n) is 2.80. The molecule has 0 bridgehead atoms. The molecule has 4 nitrogen and oxygen atoms in total. The van der Waals surface area contributed by atoms with Crippen molar-refractivity contribution < 1.29 is 4.74 Å². The predicted molar refractivity (Wildman–Crippen MR) is 78.8 cm³/mol. The molecule has 0 unspecified atom stereocenters. The maximum Gasteiger partial charge on any atom is 0.221 e. The Morgan fingerprint density at radius 2 is 2.00 bits per heavy atom. The van der Waals surface area contributed by atoms with Crippen LogP contribution in [-0.4, -0.2) is 16.0 Å². The third-order valence-electron chi connectivity index (χ3n) is 3.62. The molecule has 0 fully saturated rings. The highest BCUT2D eigenvalue weighted by atomic mass is 16.5. The molecular weight excluding hydrogens is 252 g/mol. The van der Waals surface area contributed by atoms with Crippen LogP contribution in [0, 0.1) is 0 Å². The summed E-state index contributed by atoms with van der Waals surface area (Å²) in [6.07, 6.45) is 3.53. The number of hydrogen-bond donors (Lipinski definition) is 0. The van der Waals surface area contributed by atoms with Gasteiger partial charge in [-0.3, -0.25) is 4.79 Å². The van der Waals surface area contributed by atoms with E-state index in [0.717, 1.165) is 16.3 Å². The molecule has 3 heterocycles. The zero-order valence-corrected chi connectivity index (χ0v) is 11.0. The van der Waals surface area contributed by atoms with E-state index in [1.807, 2.05) is 47.9 Å². The van der Waals surface area contributed by atoms with Gasteiger partial charge in [0.15, 0.2) is 0 Å². The van der Waals surface area contributed by atoms with E-state index < -0.39 is 0 Å². The van der Waals surface area contributed by atoms with Crippen LogP contribution in [0.25, 0.3) is 27.2 Å². The van der Waals surface area contributed by atoms with Gasteiger partial charge in [0.25, 0.3) is 0 Å². The van der Waals surface area contributed by atoms with Crippen LogP contribution in [0.2, 0.25) is 0 Å². The summed E-state index contributed by atoms with van der Waals surface area (Å²) >= 11 is 0. The number of ether oxygens (including phenoxy) is 1. The van der Waals surface area contributed by atoms with Crippen molar-refractivity contribution in [2.24, 2.45) is 0 Å². The van der Waals surface area contributed by atoms with Crippen LogP contribution in [0.5, 0.6) is 5.88 Å². The molecule has 98 valence electrons. The van der Waals surface area contributed by atoms with E-state index in [1.165, 1.54) is 0 Å². The number of rotatable bonds is 2. The zero-order chi connectivity index (χ0) is 13.7. The van der Waals surface area contributed by atoms with Crippen molar-refractivity contribution in [1.29, 1.82) is 0 Å². The van der Waals surface area contributed by atoms with Crippen molar-refractivity contribution in [2.45, 2.75) is 6.92 Å². The molecule has 0 atom stereocenters. The van der Waals surface area contributed by atoms with Gasteiger partial charge >= 0.3 is 0 Å². The summed E-state index contributed by atoms with van der Waals surface area (Å²) in [6.45, 7) is 2.47. The first-order valence-corrected chi connectivity index (χ1v) is 6.58. The second-order valence-corrected chi connectivity index (χ2v) is 4.70. The minimum absolute atomic E-state index is 0.00856. The lowest BCUT2D eigenvalue weighted by atomic mass is 10.1. The minimum Gasteiger partial charge on any atom is -0.478 e. The number of benzene rings is 1. The van der Waals surface area contributed by atoms with Gasteiger partial charge in [0.2, 0.25) is 11.3 Å². The number of aromatic nitrogens is 2. The number of nitrogens with zero attached hydrogens (tertiary/aromatic N) is 2. The van der Waals surface area contributed by atoms with Crippen LogP contribution in [0.4, 0.5) is 0 Å². The SMILES string of the molecule is CCOc1ncc2c(=O)c3cccn3c3cccc1c23. The van der Waals surface area contributed by atoms with E-state index >= 15 is 0 Å². The first-order valence-electron chi connectivity index (χ1n) is 6.58. The molecule has 0 aliphatic carbocycles. The number of hydrogen-bond acceptors (Lipinski definition) is 3. The Morgan fingerprint density at radius 3 is 2.85 bits per heavy atom. The summed E-state index contributed by atoms with van der Waals surface area (Å²) in [6, 6.07) is 9.64. The summed E-state index contributed by atoms with van der Waals surface area (Å²) in [5.41, 5.74) is 1.69. The monoisotopic (exact) mass is 264 g/mol. The maximum atomic E-state index is 12.5. The Morgan fingerprint density at radius 1 is 1.15 bits per heavy atom. The lowest BCUT2D eigenvalue weighted by Crippen LogP contribution is -2.08. The quantitative estimate of drug-likeness (QED) is 0.559. The van der Waals surface area contributed by atoms with Crippen LogP contribution in [-0.2, 0) is 0 Å². The van der Waals surface area contributed by atoms with Crippen molar-refractivity contribution >= 4 is 27.2 Å². The molecule has 0 spiro atoms. The molecule has 4 heteroatoms. The first kappa shape index (κ1) is 11.2. The molecule has 0 aliphatic rings. The molecule has 3 aromatic heterocycles. The van der Waals surface area contributed by atoms with Crippen molar-refractivity contribution in [2.75, 3.05) is 6.61 Å². The van der Waals surface area contributed by atoms with E-state index in [0.29, 0.717) is 23.4 Å². The van der Waals surface area contributed by atoms with Crippen molar-refractivity contribution in [3.8, 4) is 5.88 Å². The normalized spacial score (nSPS) is 11.7. The van der Waals surface area contributed by atoms with Crippen LogP contribution < -0.4 is 10.2 Å². The number of pyridine rings is 2. The third kappa shape index (κ3) is 1.30. The van der Waals surface area contributed by atoms with Crippen molar-refractivity contribution in [3.05, 3.63) is 52.9 Å². The lowest BCUT2D eigenvalue weighted by Gasteiger charge is -2.11. The van der Waals surface area contributed by atoms with Gasteiger partial charge in [-0.15, -0.1) is 0 Å². The lowest BCUT2D eigenvalue weighted by molar-refractivity contribution is 0.331. The smallest absolute Gasteiger partial charge is 0.221 e. The predicted octanol–water partition coefficient (Wildman–Crippen LogP) is 2.84. The molecule has 0 amide bonds. The zero-order valence-electron chi connectivity index (χ0n) is 11.0. The average Bonchev–Trinajstić information content (AvgIpc) is 2.96. The van der Waals surface area contributed by atoms with E-state index in [4.69, 9.17) is 4.74 Å². The molecule has 0 saturated carbocycles. The van der Waals surface area contributed by atoms with Crippen molar-refractivity contribution in [1.82, 2.24) is 9.38 Å². The minimum atomic E-state index is 0.00856. The Balaban J connectivity index is 2.33. The molecular formula is C16H12N2O2. The van der Waals surface area contributed by atoms with E-state index in [1.54, 1.807) is 6.20 Å². The van der Waals surface area contributed by atoms with Crippen LogP contribution >= 0.6 is 0 Å². The molecule has 0 N–H and O–H groups in total. The standard InChI is InChI=1S/C16H12N2O2/c1-2-20-16-10-5-3-6-12-14(10)11(9-17-16)15(19)13-7-4-8-18(12)13/h3-9H,2H2,1H3. The largest absolute Gasteiger partial charge is 0.478 e. The molecule has 0 saturated heterocycles. The highest BCUT2D eigenvalue weighted by Gasteiger charge is 2.14. The van der Waals surface area contributed by atoms with Crippen molar-refractivity contribution in [3.63, 3.8) is 0 Å². The van der Waals surface area contributed by atoms with Gasteiger partial charge in [-0.05, 0) is 31.2 Å². The second kappa shape index (κ2) is 3.93. The van der Waals surface area contributed by atoms with Crippen LogP contribution in [0.3, 0.4) is 0 Å². The fourth-order valence-corrected chi connectivity index (χ4v) is 2.80. The first-order chi connectivity index (χ1) is 9.81. The van der Waals surface area contributed by atoms with Crippen LogP contribution in [0.1, 0.15) is 6.92 Å². The Hall–Kier alpha value is -2.62. The van der Waals surface area contributed by atoms with Gasteiger partial charge in [0, 0.05) is 23.2 Å². The molecule has 1 aromatic carbocycles. The number of fused-ring (bicyclic) bond motifs is 2. The van der Waals surface area contributed by atoms with Gasteiger partial charge in [-0.1, -0.05) is 6.07 Å². The Kier molecular flexibility index (Phi) is 2.21. The summed E-state index contributed by atoms with van der Waals surface area (Å²) in [5, 5.41) is 2.44. The second-order valence-electron chi connectivity index (χ2n) is 4.70. The molecule has 0 aliphatic heterocycles. The maximum absolute atomic E-state index is 12.5. The van der Waals surface area contributed by atoms with E-state index in [2.05, 4.69) is 4.98 Å². The average molecular weight is 264 g/mol. The van der Waals surface area contributed by atoms with Gasteiger partial charge in [0.05, 0.1) is 23.0 Å². The fraction of sp³-hybridized carbons (Fsp3) is 0.125. The Labute approximate surface area is 114 Å². The summed E-state index contributed by atoms with van der Waals surface area (Å²) in [4.78, 5) is 16.8. The third-order valence-corrected chi connectivity index (χ3v) is 3.62. The van der Waals surface area contributed by atoms with Crippen LogP contribution in [0.15, 0.2) is 47.5 Å². The van der Waals surface area contributed by atoms with Gasteiger partial charge < -0.3 is 9.14 Å². The van der Waals surface area contributed by atoms with E-state index in [9.17, 15) is 4.79 Å². The Bertz CT molecular complexity index is 988. The summed E-state index contributed by atoms with van der Waals surface area (Å²) in [5.74, 6) is 0.580. The summed E-state index contributed by atoms with van der Waals surface area (Å²) in [7, 11) is 0.